The van der Waals surface area contributed by atoms with Crippen molar-refractivity contribution < 1.29 is 13.2 Å². The number of nitrogen functional groups attached to an aromatic ring is 1. The maximum atomic E-state index is 11.8. The smallest absolute Gasteiger partial charge is 0.239 e. The molecule has 0 aliphatic carbocycles. The number of amides is 1. The van der Waals surface area contributed by atoms with Gasteiger partial charge in [-0.15, -0.1) is 0 Å². The normalized spacial score (nSPS) is 11.5. The van der Waals surface area contributed by atoms with Crippen LogP contribution in [-0.4, -0.2) is 40.7 Å². The lowest BCUT2D eigenvalue weighted by Gasteiger charge is -2.22. The first-order valence-electron chi connectivity index (χ1n) is 6.69. The van der Waals surface area contributed by atoms with Crippen molar-refractivity contribution in [3.8, 4) is 0 Å². The van der Waals surface area contributed by atoms with Crippen LogP contribution in [0.5, 0.6) is 0 Å². The van der Waals surface area contributed by atoms with Gasteiger partial charge in [0.05, 0.1) is 22.8 Å². The van der Waals surface area contributed by atoms with E-state index in [4.69, 9.17) is 5.73 Å². The number of likely N-dealkylation sites (N-methyl/N-ethyl adjacent to an activating group) is 1. The third kappa shape index (κ3) is 4.93. The zero-order valence-corrected chi connectivity index (χ0v) is 13.7. The molecule has 0 fully saturated rings. The molecule has 0 saturated carbocycles. The van der Waals surface area contributed by atoms with E-state index in [-0.39, 0.29) is 23.0 Å². The largest absolute Gasteiger partial charge is 0.396 e. The van der Waals surface area contributed by atoms with Crippen LogP contribution in [0.1, 0.15) is 13.8 Å². The van der Waals surface area contributed by atoms with Gasteiger partial charge in [0, 0.05) is 19.8 Å². The third-order valence-corrected chi connectivity index (χ3v) is 4.10. The molecule has 7 heteroatoms. The van der Waals surface area contributed by atoms with Crippen molar-refractivity contribution in [3.05, 3.63) is 18.2 Å². The molecule has 0 radical (unpaired) electrons. The van der Waals surface area contributed by atoms with Gasteiger partial charge in [0.2, 0.25) is 5.91 Å². The molecule has 0 aliphatic heterocycles. The maximum Gasteiger partial charge on any atom is 0.239 e. The summed E-state index contributed by atoms with van der Waals surface area (Å²) in [5.74, 6) is 0.244. The molecule has 0 aliphatic rings. The molecule has 3 N–H and O–H groups in total. The molecule has 1 rings (SSSR count). The lowest BCUT2D eigenvalue weighted by molar-refractivity contribution is -0.119. The molecule has 1 aromatic rings. The van der Waals surface area contributed by atoms with Crippen molar-refractivity contribution in [2.75, 3.05) is 37.0 Å². The van der Waals surface area contributed by atoms with E-state index in [0.717, 1.165) is 6.26 Å². The predicted molar refractivity (Wildman–Crippen MR) is 85.1 cm³/mol. The molecule has 1 amide bonds. The minimum absolute atomic E-state index is 0.0782. The van der Waals surface area contributed by atoms with Crippen LogP contribution in [0.3, 0.4) is 0 Å². The number of sulfone groups is 1. The van der Waals surface area contributed by atoms with Crippen molar-refractivity contribution in [1.82, 2.24) is 5.32 Å². The molecular formula is C14H23N3O3S. The molecule has 0 aromatic heterocycles. The molecule has 21 heavy (non-hydrogen) atoms. The van der Waals surface area contributed by atoms with Gasteiger partial charge in [-0.2, -0.15) is 0 Å². The van der Waals surface area contributed by atoms with Gasteiger partial charge in [-0.05, 0) is 18.1 Å². The average molecular weight is 313 g/mol. The number of hydrogen-bond donors (Lipinski definition) is 2. The summed E-state index contributed by atoms with van der Waals surface area (Å²) in [5.41, 5.74) is 6.61. The maximum absolute atomic E-state index is 11.8. The second-order valence-corrected chi connectivity index (χ2v) is 7.50. The molecule has 6 nitrogen and oxygen atoms in total. The molecule has 0 atom stereocenters. The first-order valence-corrected chi connectivity index (χ1v) is 8.58. The van der Waals surface area contributed by atoms with Gasteiger partial charge in [-0.3, -0.25) is 4.79 Å². The van der Waals surface area contributed by atoms with E-state index in [0.29, 0.717) is 18.2 Å². The minimum Gasteiger partial charge on any atom is -0.396 e. The Balaban J connectivity index is 2.89. The highest BCUT2D eigenvalue weighted by molar-refractivity contribution is 7.90. The highest BCUT2D eigenvalue weighted by Crippen LogP contribution is 2.28. The molecule has 0 bridgehead atoms. The fourth-order valence-electron chi connectivity index (χ4n) is 1.86. The van der Waals surface area contributed by atoms with Gasteiger partial charge in [-0.1, -0.05) is 19.9 Å². The Morgan fingerprint density at radius 3 is 2.52 bits per heavy atom. The van der Waals surface area contributed by atoms with Crippen LogP contribution in [0.15, 0.2) is 23.1 Å². The van der Waals surface area contributed by atoms with Crippen molar-refractivity contribution in [2.24, 2.45) is 5.92 Å². The Morgan fingerprint density at radius 1 is 1.38 bits per heavy atom. The number of anilines is 2. The summed E-state index contributed by atoms with van der Waals surface area (Å²) in [4.78, 5) is 13.5. The third-order valence-electron chi connectivity index (χ3n) is 2.94. The number of carbonyl (C=O) groups is 1. The summed E-state index contributed by atoms with van der Waals surface area (Å²) in [6, 6.07) is 4.77. The number of rotatable bonds is 6. The summed E-state index contributed by atoms with van der Waals surface area (Å²) < 4.78 is 23.3. The summed E-state index contributed by atoms with van der Waals surface area (Å²) >= 11 is 0. The minimum atomic E-state index is -3.39. The number of hydrogen-bond acceptors (Lipinski definition) is 5. The Bertz CT molecular complexity index is 612. The molecule has 0 saturated heterocycles. The topological polar surface area (TPSA) is 92.5 Å². The van der Waals surface area contributed by atoms with Gasteiger partial charge < -0.3 is 16.0 Å². The van der Waals surface area contributed by atoms with Crippen molar-refractivity contribution in [2.45, 2.75) is 18.7 Å². The molecule has 118 valence electrons. The van der Waals surface area contributed by atoms with Crippen LogP contribution in [0.25, 0.3) is 0 Å². The Morgan fingerprint density at radius 2 is 2.00 bits per heavy atom. The zero-order valence-electron chi connectivity index (χ0n) is 12.9. The van der Waals surface area contributed by atoms with Crippen molar-refractivity contribution in [3.63, 3.8) is 0 Å². The molecular weight excluding hydrogens is 290 g/mol. The van der Waals surface area contributed by atoms with E-state index in [1.54, 1.807) is 24.1 Å². The first kappa shape index (κ1) is 17.3. The fraction of sp³-hybridized carbons (Fsp3) is 0.500. The van der Waals surface area contributed by atoms with Crippen LogP contribution in [0, 0.1) is 5.92 Å². The number of benzene rings is 1. The summed E-state index contributed by atoms with van der Waals surface area (Å²) in [5, 5.41) is 2.81. The van der Waals surface area contributed by atoms with Crippen molar-refractivity contribution in [1.29, 1.82) is 0 Å². The molecule has 0 spiro atoms. The van der Waals surface area contributed by atoms with E-state index in [1.165, 1.54) is 6.07 Å². The number of nitrogens with one attached hydrogen (secondary N) is 1. The van der Waals surface area contributed by atoms with Crippen LogP contribution in [0.4, 0.5) is 11.4 Å². The summed E-state index contributed by atoms with van der Waals surface area (Å²) in [6.45, 7) is 4.74. The molecule has 1 aromatic carbocycles. The zero-order chi connectivity index (χ0) is 16.2. The quantitative estimate of drug-likeness (QED) is 0.761. The lowest BCUT2D eigenvalue weighted by atomic mass is 10.2. The van der Waals surface area contributed by atoms with Crippen LogP contribution < -0.4 is 16.0 Å². The van der Waals surface area contributed by atoms with Crippen LogP contribution in [-0.2, 0) is 14.6 Å². The predicted octanol–water partition coefficient (Wildman–Crippen LogP) is 0.881. The van der Waals surface area contributed by atoms with E-state index in [9.17, 15) is 13.2 Å². The van der Waals surface area contributed by atoms with E-state index < -0.39 is 9.84 Å². The van der Waals surface area contributed by atoms with Gasteiger partial charge >= 0.3 is 0 Å². The molecule has 0 heterocycles. The van der Waals surface area contributed by atoms with E-state index in [2.05, 4.69) is 5.32 Å². The number of nitrogens with zero attached hydrogens (tertiary/aromatic N) is 1. The number of para-hydroxylation sites is 1. The number of nitrogens with two attached hydrogens (primary N) is 1. The Kier molecular flexibility index (Phi) is 5.60. The van der Waals surface area contributed by atoms with Crippen LogP contribution >= 0.6 is 0 Å². The highest BCUT2D eigenvalue weighted by Gasteiger charge is 2.17. The van der Waals surface area contributed by atoms with Gasteiger partial charge in [0.1, 0.15) is 0 Å². The average Bonchev–Trinajstić information content (AvgIpc) is 2.35. The van der Waals surface area contributed by atoms with E-state index >= 15 is 0 Å². The van der Waals surface area contributed by atoms with Gasteiger partial charge in [-0.25, -0.2) is 8.42 Å². The standard InChI is InChI=1S/C14H23N3O3S/c1-10(2)8-16-13(18)9-17(3)11-6-5-7-12(14(11)15)21(4,19)20/h5-7,10H,8-9,15H2,1-4H3,(H,16,18). The Labute approximate surface area is 126 Å². The van der Waals surface area contributed by atoms with Gasteiger partial charge in [0.15, 0.2) is 9.84 Å². The summed E-state index contributed by atoms with van der Waals surface area (Å²) in [7, 11) is -1.69. The highest BCUT2D eigenvalue weighted by atomic mass is 32.2. The fourth-order valence-corrected chi connectivity index (χ4v) is 2.69. The SMILES string of the molecule is CC(C)CNC(=O)CN(C)c1cccc(S(C)(=O)=O)c1N. The molecule has 0 unspecified atom stereocenters. The summed E-state index contributed by atoms with van der Waals surface area (Å²) in [6.07, 6.45) is 1.11. The van der Waals surface area contributed by atoms with Crippen LogP contribution in [0.2, 0.25) is 0 Å². The second-order valence-electron chi connectivity index (χ2n) is 5.52. The number of carbonyl (C=O) groups excluding carboxylic acids is 1. The second kappa shape index (κ2) is 6.80. The van der Waals surface area contributed by atoms with Gasteiger partial charge in [0.25, 0.3) is 0 Å². The van der Waals surface area contributed by atoms with E-state index in [1.807, 2.05) is 13.8 Å². The monoisotopic (exact) mass is 313 g/mol. The Hall–Kier alpha value is -1.76. The van der Waals surface area contributed by atoms with Crippen molar-refractivity contribution >= 4 is 27.1 Å². The lowest BCUT2D eigenvalue weighted by Crippen LogP contribution is -2.37. The first-order chi connectivity index (χ1) is 9.62.